The zero-order valence-electron chi connectivity index (χ0n) is 13.1. The van der Waals surface area contributed by atoms with Crippen LogP contribution in [0.15, 0.2) is 24.3 Å². The van der Waals surface area contributed by atoms with Crippen LogP contribution >= 0.6 is 0 Å². The number of amides is 1. The van der Waals surface area contributed by atoms with Crippen LogP contribution in [0, 0.1) is 5.92 Å². The lowest BCUT2D eigenvalue weighted by atomic mass is 9.88. The van der Waals surface area contributed by atoms with Gasteiger partial charge in [-0.3, -0.25) is 4.79 Å². The molecule has 1 N–H and O–H groups in total. The highest BCUT2D eigenvalue weighted by Gasteiger charge is 2.21. The molecule has 1 aromatic carbocycles. The number of hydrogen-bond acceptors (Lipinski definition) is 3. The van der Waals surface area contributed by atoms with Crippen molar-refractivity contribution in [2.75, 3.05) is 18.5 Å². The number of rotatable bonds is 5. The van der Waals surface area contributed by atoms with E-state index < -0.39 is 0 Å². The van der Waals surface area contributed by atoms with E-state index >= 15 is 0 Å². The molecule has 1 aromatic rings. The molecule has 1 heterocycles. The summed E-state index contributed by atoms with van der Waals surface area (Å²) < 4.78 is 11.3. The van der Waals surface area contributed by atoms with Crippen molar-refractivity contribution >= 4 is 11.6 Å². The molecule has 1 aliphatic heterocycles. The van der Waals surface area contributed by atoms with Gasteiger partial charge in [0.15, 0.2) is 0 Å². The van der Waals surface area contributed by atoms with Crippen molar-refractivity contribution in [3.05, 3.63) is 24.3 Å². The summed E-state index contributed by atoms with van der Waals surface area (Å²) in [5, 5.41) is 3.03. The maximum absolute atomic E-state index is 12.3. The fraction of sp³-hybridized carbons (Fsp3) is 0.611. The molecule has 2 fully saturated rings. The first-order chi connectivity index (χ1) is 10.8. The van der Waals surface area contributed by atoms with Crippen molar-refractivity contribution in [1.82, 2.24) is 0 Å². The van der Waals surface area contributed by atoms with Gasteiger partial charge in [-0.05, 0) is 37.8 Å². The van der Waals surface area contributed by atoms with Crippen molar-refractivity contribution in [3.63, 3.8) is 0 Å². The van der Waals surface area contributed by atoms with E-state index in [0.717, 1.165) is 43.7 Å². The average molecular weight is 303 g/mol. The van der Waals surface area contributed by atoms with E-state index in [-0.39, 0.29) is 17.9 Å². The maximum atomic E-state index is 12.3. The number of ether oxygens (including phenoxy) is 2. The lowest BCUT2D eigenvalue weighted by Gasteiger charge is -2.21. The van der Waals surface area contributed by atoms with Crippen molar-refractivity contribution in [1.29, 1.82) is 0 Å². The lowest BCUT2D eigenvalue weighted by molar-refractivity contribution is -0.120. The van der Waals surface area contributed by atoms with Crippen LogP contribution in [0.2, 0.25) is 0 Å². The monoisotopic (exact) mass is 303 g/mol. The predicted octanol–water partition coefficient (Wildman–Crippen LogP) is 3.76. The Kier molecular flexibility index (Phi) is 5.33. The van der Waals surface area contributed by atoms with Crippen molar-refractivity contribution < 1.29 is 14.3 Å². The summed E-state index contributed by atoms with van der Waals surface area (Å²) in [7, 11) is 0. The summed E-state index contributed by atoms with van der Waals surface area (Å²) >= 11 is 0. The molecule has 0 spiro atoms. The van der Waals surface area contributed by atoms with E-state index in [2.05, 4.69) is 5.32 Å². The number of anilines is 1. The van der Waals surface area contributed by atoms with E-state index in [9.17, 15) is 4.79 Å². The summed E-state index contributed by atoms with van der Waals surface area (Å²) in [6.07, 6.45) is 8.02. The molecule has 4 nitrogen and oxygen atoms in total. The zero-order valence-corrected chi connectivity index (χ0v) is 13.1. The average Bonchev–Trinajstić information content (AvgIpc) is 3.08. The summed E-state index contributed by atoms with van der Waals surface area (Å²) in [5.41, 5.74) is 0.820. The van der Waals surface area contributed by atoms with Gasteiger partial charge in [0.2, 0.25) is 5.91 Å². The van der Waals surface area contributed by atoms with Crippen LogP contribution in [0.1, 0.15) is 44.9 Å². The number of nitrogens with one attached hydrogen (secondary N) is 1. The molecule has 1 saturated heterocycles. The van der Waals surface area contributed by atoms with Crippen molar-refractivity contribution in [2.45, 2.75) is 51.0 Å². The number of carbonyl (C=O) groups is 1. The third kappa shape index (κ3) is 4.23. The number of carbonyl (C=O) groups excluding carboxylic acids is 1. The molecule has 0 aromatic heterocycles. The Bertz CT molecular complexity index is 491. The second-order valence-electron chi connectivity index (χ2n) is 6.30. The molecular weight excluding hydrogens is 278 g/mol. The molecule has 0 radical (unpaired) electrons. The van der Waals surface area contributed by atoms with E-state index in [1.54, 1.807) is 0 Å². The Hall–Kier alpha value is -1.55. The van der Waals surface area contributed by atoms with Gasteiger partial charge in [0.25, 0.3) is 0 Å². The van der Waals surface area contributed by atoms with Crippen LogP contribution in [0.3, 0.4) is 0 Å². The molecule has 0 bridgehead atoms. The fourth-order valence-electron chi connectivity index (χ4n) is 3.24. The third-order valence-corrected chi connectivity index (χ3v) is 4.54. The van der Waals surface area contributed by atoms with Gasteiger partial charge in [-0.1, -0.05) is 25.3 Å². The molecule has 1 amide bonds. The highest BCUT2D eigenvalue weighted by Crippen LogP contribution is 2.26. The fourth-order valence-corrected chi connectivity index (χ4v) is 3.24. The Labute approximate surface area is 132 Å². The Morgan fingerprint density at radius 1 is 1.18 bits per heavy atom. The van der Waals surface area contributed by atoms with Crippen LogP contribution in [0.25, 0.3) is 0 Å². The Morgan fingerprint density at radius 2 is 2.05 bits per heavy atom. The SMILES string of the molecule is O=C(Nc1cccc(OC[C@@H]2CCCO2)c1)C1CCCCC1. The second-order valence-corrected chi connectivity index (χ2v) is 6.30. The normalized spacial score (nSPS) is 22.5. The highest BCUT2D eigenvalue weighted by atomic mass is 16.5. The van der Waals surface area contributed by atoms with Gasteiger partial charge in [-0.25, -0.2) is 0 Å². The molecule has 22 heavy (non-hydrogen) atoms. The van der Waals surface area contributed by atoms with E-state index in [1.807, 2.05) is 24.3 Å². The zero-order chi connectivity index (χ0) is 15.2. The molecule has 120 valence electrons. The maximum Gasteiger partial charge on any atom is 0.227 e. The Balaban J connectivity index is 1.52. The minimum atomic E-state index is 0.149. The summed E-state index contributed by atoms with van der Waals surface area (Å²) in [6, 6.07) is 7.65. The minimum Gasteiger partial charge on any atom is -0.491 e. The molecule has 0 unspecified atom stereocenters. The standard InChI is InChI=1S/C18H25NO3/c20-18(14-6-2-1-3-7-14)19-15-8-4-9-16(12-15)22-13-17-10-5-11-21-17/h4,8-9,12,14,17H,1-3,5-7,10-11,13H2,(H,19,20)/t17-/m0/s1. The highest BCUT2D eigenvalue weighted by molar-refractivity contribution is 5.92. The second kappa shape index (κ2) is 7.63. The van der Waals surface area contributed by atoms with E-state index in [4.69, 9.17) is 9.47 Å². The van der Waals surface area contributed by atoms with Crippen LogP contribution in [0.4, 0.5) is 5.69 Å². The number of benzene rings is 1. The van der Waals surface area contributed by atoms with Gasteiger partial charge >= 0.3 is 0 Å². The van der Waals surface area contributed by atoms with Crippen LogP contribution in [0.5, 0.6) is 5.75 Å². The summed E-state index contributed by atoms with van der Waals surface area (Å²) in [6.45, 7) is 1.42. The molecule has 4 heteroatoms. The van der Waals surface area contributed by atoms with Gasteiger partial charge in [0.1, 0.15) is 12.4 Å². The van der Waals surface area contributed by atoms with Gasteiger partial charge in [-0.2, -0.15) is 0 Å². The van der Waals surface area contributed by atoms with Gasteiger partial charge < -0.3 is 14.8 Å². The van der Waals surface area contributed by atoms with Crippen LogP contribution < -0.4 is 10.1 Å². The van der Waals surface area contributed by atoms with Crippen LogP contribution in [-0.4, -0.2) is 25.2 Å². The molecule has 1 atom stereocenters. The molecule has 2 aliphatic rings. The molecule has 3 rings (SSSR count). The molecular formula is C18H25NO3. The largest absolute Gasteiger partial charge is 0.491 e. The van der Waals surface area contributed by atoms with E-state index in [1.165, 1.54) is 19.3 Å². The summed E-state index contributed by atoms with van der Waals surface area (Å²) in [5.74, 6) is 1.11. The van der Waals surface area contributed by atoms with Crippen molar-refractivity contribution in [2.24, 2.45) is 5.92 Å². The summed E-state index contributed by atoms with van der Waals surface area (Å²) in [4.78, 5) is 12.3. The van der Waals surface area contributed by atoms with Crippen LogP contribution in [-0.2, 0) is 9.53 Å². The number of hydrogen-bond donors (Lipinski definition) is 1. The van der Waals surface area contributed by atoms with E-state index in [0.29, 0.717) is 6.61 Å². The van der Waals surface area contributed by atoms with Gasteiger partial charge in [0, 0.05) is 24.3 Å². The first-order valence-electron chi connectivity index (χ1n) is 8.46. The quantitative estimate of drug-likeness (QED) is 0.901. The smallest absolute Gasteiger partial charge is 0.227 e. The van der Waals surface area contributed by atoms with Gasteiger partial charge in [0.05, 0.1) is 6.10 Å². The topological polar surface area (TPSA) is 47.6 Å². The molecule has 1 aliphatic carbocycles. The Morgan fingerprint density at radius 3 is 2.82 bits per heavy atom. The first kappa shape index (κ1) is 15.3. The lowest BCUT2D eigenvalue weighted by Crippen LogP contribution is -2.24. The van der Waals surface area contributed by atoms with Crippen molar-refractivity contribution in [3.8, 4) is 5.75 Å². The van der Waals surface area contributed by atoms with Gasteiger partial charge in [-0.15, -0.1) is 0 Å². The minimum absolute atomic E-state index is 0.149. The predicted molar refractivity (Wildman–Crippen MR) is 86.1 cm³/mol. The molecule has 1 saturated carbocycles. The third-order valence-electron chi connectivity index (χ3n) is 4.54. The first-order valence-corrected chi connectivity index (χ1v) is 8.46.